The van der Waals surface area contributed by atoms with Crippen LogP contribution in [0.5, 0.6) is 0 Å². The van der Waals surface area contributed by atoms with Crippen LogP contribution in [-0.4, -0.2) is 13.1 Å². The molecule has 11 heavy (non-hydrogen) atoms. The van der Waals surface area contributed by atoms with Gasteiger partial charge in [-0.2, -0.15) is 0 Å². The van der Waals surface area contributed by atoms with Crippen molar-refractivity contribution < 1.29 is 9.53 Å². The van der Waals surface area contributed by atoms with Crippen molar-refractivity contribution in [1.29, 1.82) is 0 Å². The molecule has 0 amide bonds. The predicted molar refractivity (Wildman–Crippen MR) is 46.5 cm³/mol. The van der Waals surface area contributed by atoms with Gasteiger partial charge in [-0.15, -0.1) is 11.3 Å². The number of ether oxygens (including phenoxy) is 1. The summed E-state index contributed by atoms with van der Waals surface area (Å²) in [5.41, 5.74) is 0.547. The number of carbonyl (C=O) groups is 1. The number of hydrogen-bond acceptors (Lipinski definition) is 4. The third-order valence-corrected chi connectivity index (χ3v) is 2.29. The second-order valence-electron chi connectivity index (χ2n) is 1.83. The van der Waals surface area contributed by atoms with E-state index in [1.54, 1.807) is 17.5 Å². The van der Waals surface area contributed by atoms with E-state index in [-0.39, 0.29) is 5.97 Å². The SMILES string of the molecule is COC(=O)c1ccc(=S)sc1. The lowest BCUT2D eigenvalue weighted by Crippen LogP contribution is -1.99. The first-order valence-electron chi connectivity index (χ1n) is 2.91. The van der Waals surface area contributed by atoms with Crippen molar-refractivity contribution in [1.82, 2.24) is 0 Å². The van der Waals surface area contributed by atoms with Crippen LogP contribution in [0.3, 0.4) is 0 Å². The van der Waals surface area contributed by atoms with Crippen LogP contribution in [0.1, 0.15) is 10.4 Å². The Morgan fingerprint density at radius 3 is 2.82 bits per heavy atom. The van der Waals surface area contributed by atoms with E-state index in [1.807, 2.05) is 0 Å². The Hall–Kier alpha value is -0.740. The van der Waals surface area contributed by atoms with E-state index < -0.39 is 0 Å². The van der Waals surface area contributed by atoms with Crippen molar-refractivity contribution in [3.05, 3.63) is 26.9 Å². The lowest BCUT2D eigenvalue weighted by molar-refractivity contribution is 0.0601. The van der Waals surface area contributed by atoms with Gasteiger partial charge in [-0.1, -0.05) is 12.2 Å². The summed E-state index contributed by atoms with van der Waals surface area (Å²) in [5, 5.41) is 1.69. The molecule has 0 aromatic carbocycles. The topological polar surface area (TPSA) is 26.3 Å². The van der Waals surface area contributed by atoms with Crippen molar-refractivity contribution in [2.24, 2.45) is 0 Å². The number of hydrogen-bond donors (Lipinski definition) is 0. The highest BCUT2D eigenvalue weighted by atomic mass is 32.1. The van der Waals surface area contributed by atoms with Gasteiger partial charge in [0.1, 0.15) is 0 Å². The summed E-state index contributed by atoms with van der Waals surface area (Å²) >= 11 is 6.21. The van der Waals surface area contributed by atoms with Gasteiger partial charge >= 0.3 is 5.97 Å². The fourth-order valence-corrected chi connectivity index (χ4v) is 1.37. The average Bonchev–Trinajstić information content (AvgIpc) is 2.05. The highest BCUT2D eigenvalue weighted by molar-refractivity contribution is 7.73. The van der Waals surface area contributed by atoms with Gasteiger partial charge in [-0.3, -0.25) is 0 Å². The Morgan fingerprint density at radius 2 is 2.36 bits per heavy atom. The van der Waals surface area contributed by atoms with Crippen LogP contribution in [0.2, 0.25) is 0 Å². The minimum absolute atomic E-state index is 0.323. The molecule has 58 valence electrons. The van der Waals surface area contributed by atoms with Crippen molar-refractivity contribution in [3.63, 3.8) is 0 Å². The molecule has 1 aromatic rings. The van der Waals surface area contributed by atoms with E-state index >= 15 is 0 Å². The van der Waals surface area contributed by atoms with Gasteiger partial charge in [0.05, 0.1) is 16.5 Å². The van der Waals surface area contributed by atoms with Crippen LogP contribution in [0.25, 0.3) is 0 Å². The molecule has 0 N–H and O–H groups in total. The maximum atomic E-state index is 10.9. The van der Waals surface area contributed by atoms with Gasteiger partial charge in [-0.25, -0.2) is 4.79 Å². The van der Waals surface area contributed by atoms with Gasteiger partial charge in [0.2, 0.25) is 0 Å². The van der Waals surface area contributed by atoms with Crippen LogP contribution >= 0.6 is 23.6 Å². The second-order valence-corrected chi connectivity index (χ2v) is 3.44. The lowest BCUT2D eigenvalue weighted by Gasteiger charge is -1.95. The molecular formula is C7H6O2S2. The van der Waals surface area contributed by atoms with Gasteiger partial charge in [0, 0.05) is 5.38 Å². The molecule has 0 unspecified atom stereocenters. The highest BCUT2D eigenvalue weighted by Crippen LogP contribution is 2.06. The van der Waals surface area contributed by atoms with Crippen LogP contribution in [0, 0.1) is 3.82 Å². The summed E-state index contributed by atoms with van der Waals surface area (Å²) in [6.45, 7) is 0. The normalized spacial score (nSPS) is 9.18. The van der Waals surface area contributed by atoms with E-state index in [1.165, 1.54) is 18.4 Å². The molecule has 2 nitrogen and oxygen atoms in total. The van der Waals surface area contributed by atoms with Gasteiger partial charge in [-0.05, 0) is 12.1 Å². The Bertz CT molecular complexity index is 296. The molecule has 0 atom stereocenters. The van der Waals surface area contributed by atoms with Gasteiger partial charge < -0.3 is 4.74 Å². The number of esters is 1. The second kappa shape index (κ2) is 3.59. The Morgan fingerprint density at radius 1 is 1.64 bits per heavy atom. The highest BCUT2D eigenvalue weighted by Gasteiger charge is 2.02. The maximum absolute atomic E-state index is 10.9. The van der Waals surface area contributed by atoms with E-state index in [4.69, 9.17) is 12.2 Å². The third-order valence-electron chi connectivity index (χ3n) is 1.12. The summed E-state index contributed by atoms with van der Waals surface area (Å²) in [7, 11) is 1.36. The monoisotopic (exact) mass is 186 g/mol. The van der Waals surface area contributed by atoms with E-state index in [0.29, 0.717) is 5.56 Å². The zero-order chi connectivity index (χ0) is 8.27. The Balaban J connectivity index is 2.99. The summed E-state index contributed by atoms with van der Waals surface area (Å²) in [4.78, 5) is 10.9. The molecule has 0 aliphatic rings. The molecule has 1 aromatic heterocycles. The van der Waals surface area contributed by atoms with E-state index in [2.05, 4.69) is 4.74 Å². The van der Waals surface area contributed by atoms with Gasteiger partial charge in [0.15, 0.2) is 0 Å². The number of rotatable bonds is 1. The lowest BCUT2D eigenvalue weighted by atomic mass is 10.3. The first-order chi connectivity index (χ1) is 5.24. The quantitative estimate of drug-likeness (QED) is 0.497. The summed E-state index contributed by atoms with van der Waals surface area (Å²) in [6.07, 6.45) is 0. The molecule has 0 fully saturated rings. The van der Waals surface area contributed by atoms with Crippen LogP contribution < -0.4 is 0 Å². The smallest absolute Gasteiger partial charge is 0.338 e. The summed E-state index contributed by atoms with van der Waals surface area (Å²) in [6, 6.07) is 3.37. The van der Waals surface area contributed by atoms with Crippen LogP contribution in [0.4, 0.5) is 0 Å². The fourth-order valence-electron chi connectivity index (χ4n) is 0.592. The summed E-state index contributed by atoms with van der Waals surface area (Å²) in [5.74, 6) is -0.323. The molecule has 1 heterocycles. The molecule has 0 spiro atoms. The van der Waals surface area contributed by atoms with Crippen molar-refractivity contribution in [3.8, 4) is 0 Å². The van der Waals surface area contributed by atoms with Gasteiger partial charge in [0.25, 0.3) is 0 Å². The van der Waals surface area contributed by atoms with Crippen molar-refractivity contribution >= 4 is 29.5 Å². The van der Waals surface area contributed by atoms with Crippen LogP contribution in [0.15, 0.2) is 17.5 Å². The average molecular weight is 186 g/mol. The minimum atomic E-state index is -0.323. The third kappa shape index (κ3) is 2.10. The molecule has 0 saturated carbocycles. The molecule has 1 rings (SSSR count). The fraction of sp³-hybridized carbons (Fsp3) is 0.143. The number of methoxy groups -OCH3 is 1. The Labute approximate surface area is 73.4 Å². The standard InChI is InChI=1S/C7H6O2S2/c1-9-7(8)5-2-3-6(10)11-4-5/h2-4H,1H3. The minimum Gasteiger partial charge on any atom is -0.465 e. The Kier molecular flexibility index (Phi) is 2.73. The van der Waals surface area contributed by atoms with Crippen LogP contribution in [-0.2, 0) is 4.74 Å². The first kappa shape index (κ1) is 8.36. The molecular weight excluding hydrogens is 180 g/mol. The zero-order valence-electron chi connectivity index (χ0n) is 5.87. The first-order valence-corrected chi connectivity index (χ1v) is 4.20. The maximum Gasteiger partial charge on any atom is 0.338 e. The largest absolute Gasteiger partial charge is 0.465 e. The molecule has 4 heteroatoms. The van der Waals surface area contributed by atoms with E-state index in [9.17, 15) is 4.79 Å². The zero-order valence-corrected chi connectivity index (χ0v) is 7.50. The van der Waals surface area contributed by atoms with Crippen molar-refractivity contribution in [2.75, 3.05) is 7.11 Å². The molecule has 0 radical (unpaired) electrons. The van der Waals surface area contributed by atoms with E-state index in [0.717, 1.165) is 3.82 Å². The molecule has 0 aliphatic heterocycles. The van der Waals surface area contributed by atoms with Crippen molar-refractivity contribution in [2.45, 2.75) is 0 Å². The number of carbonyl (C=O) groups excluding carboxylic acids is 1. The predicted octanol–water partition coefficient (Wildman–Crippen LogP) is 2.26. The summed E-state index contributed by atoms with van der Waals surface area (Å²) < 4.78 is 5.27. The molecule has 0 bridgehead atoms. The molecule has 0 aliphatic carbocycles. The molecule has 0 saturated heterocycles.